The topological polar surface area (TPSA) is 59.8 Å². The van der Waals surface area contributed by atoms with Gasteiger partial charge in [0.05, 0.1) is 10.4 Å². The van der Waals surface area contributed by atoms with Gasteiger partial charge in [0.2, 0.25) is 5.13 Å². The third-order valence-corrected chi connectivity index (χ3v) is 6.22. The highest BCUT2D eigenvalue weighted by molar-refractivity contribution is 7.20. The van der Waals surface area contributed by atoms with Crippen molar-refractivity contribution >= 4 is 33.3 Å². The van der Waals surface area contributed by atoms with E-state index in [4.69, 9.17) is 0 Å². The zero-order valence-electron chi connectivity index (χ0n) is 15.9. The number of para-hydroxylation sites is 1. The summed E-state index contributed by atoms with van der Waals surface area (Å²) < 4.78 is 16.3. The van der Waals surface area contributed by atoms with E-state index in [-0.39, 0.29) is 11.7 Å². The Balaban J connectivity index is 1.47. The van der Waals surface area contributed by atoms with Crippen molar-refractivity contribution in [2.24, 2.45) is 0 Å². The van der Waals surface area contributed by atoms with Crippen LogP contribution in [0.5, 0.6) is 0 Å². The van der Waals surface area contributed by atoms with E-state index in [1.54, 1.807) is 16.8 Å². The molecule has 1 aliphatic carbocycles. The first kappa shape index (κ1) is 18.0. The van der Waals surface area contributed by atoms with Gasteiger partial charge in [-0.3, -0.25) is 4.79 Å². The Labute approximate surface area is 171 Å². The summed E-state index contributed by atoms with van der Waals surface area (Å²) in [5.41, 5.74) is 4.28. The minimum Gasteiger partial charge on any atom is -0.306 e. The Morgan fingerprint density at radius 1 is 1.14 bits per heavy atom. The molecule has 5 nitrogen and oxygen atoms in total. The minimum atomic E-state index is -0.367. The van der Waals surface area contributed by atoms with Gasteiger partial charge >= 0.3 is 0 Å². The van der Waals surface area contributed by atoms with Gasteiger partial charge in [0.1, 0.15) is 17.2 Å². The number of aryl methyl sites for hydroxylation is 3. The zero-order chi connectivity index (χ0) is 20.0. The van der Waals surface area contributed by atoms with Crippen molar-refractivity contribution < 1.29 is 9.18 Å². The van der Waals surface area contributed by atoms with Gasteiger partial charge in [0.25, 0.3) is 5.91 Å². The second-order valence-electron chi connectivity index (χ2n) is 7.31. The number of carbonyl (C=O) groups is 1. The number of fused-ring (bicyclic) bond motifs is 2. The molecule has 2 aromatic carbocycles. The number of anilines is 1. The molecule has 2 heterocycles. The second-order valence-corrected chi connectivity index (χ2v) is 8.32. The van der Waals surface area contributed by atoms with Crippen molar-refractivity contribution in [3.05, 3.63) is 70.7 Å². The van der Waals surface area contributed by atoms with Gasteiger partial charge in [-0.2, -0.15) is 9.78 Å². The van der Waals surface area contributed by atoms with Crippen LogP contribution < -0.4 is 5.32 Å². The average molecular weight is 406 g/mol. The lowest BCUT2D eigenvalue weighted by Gasteiger charge is -2.16. The van der Waals surface area contributed by atoms with E-state index in [1.807, 2.05) is 25.1 Å². The van der Waals surface area contributed by atoms with Crippen molar-refractivity contribution in [2.45, 2.75) is 32.6 Å². The van der Waals surface area contributed by atoms with E-state index >= 15 is 0 Å². The molecule has 0 radical (unpaired) electrons. The summed E-state index contributed by atoms with van der Waals surface area (Å²) in [5.74, 6) is -0.0370. The first-order chi connectivity index (χ1) is 14.1. The fourth-order valence-corrected chi connectivity index (χ4v) is 4.74. The minimum absolute atomic E-state index is 0.188. The maximum absolute atomic E-state index is 14.0. The highest BCUT2D eigenvalue weighted by atomic mass is 32.1. The molecule has 1 aliphatic rings. The number of carbonyl (C=O) groups excluding carboxylic acids is 1. The van der Waals surface area contributed by atoms with Gasteiger partial charge in [-0.15, -0.1) is 0 Å². The molecule has 0 saturated carbocycles. The van der Waals surface area contributed by atoms with Crippen molar-refractivity contribution in [3.8, 4) is 5.13 Å². The van der Waals surface area contributed by atoms with Crippen molar-refractivity contribution in [2.75, 3.05) is 5.32 Å². The van der Waals surface area contributed by atoms with Crippen LogP contribution in [0.2, 0.25) is 0 Å². The van der Waals surface area contributed by atoms with Crippen molar-refractivity contribution in [1.82, 2.24) is 14.8 Å². The largest absolute Gasteiger partial charge is 0.306 e. The lowest BCUT2D eigenvalue weighted by atomic mass is 9.90. The summed E-state index contributed by atoms with van der Waals surface area (Å²) in [7, 11) is 0. The molecule has 0 spiro atoms. The van der Waals surface area contributed by atoms with Crippen molar-refractivity contribution in [1.29, 1.82) is 0 Å². The van der Waals surface area contributed by atoms with Crippen LogP contribution in [0.15, 0.2) is 42.5 Å². The van der Waals surface area contributed by atoms with E-state index in [1.165, 1.54) is 35.0 Å². The number of aromatic nitrogens is 3. The second kappa shape index (κ2) is 7.08. The molecule has 2 aromatic heterocycles. The van der Waals surface area contributed by atoms with Crippen LogP contribution in [-0.4, -0.2) is 20.7 Å². The number of hydrogen-bond acceptors (Lipinski definition) is 4. The van der Waals surface area contributed by atoms with Gasteiger partial charge in [-0.1, -0.05) is 23.5 Å². The van der Waals surface area contributed by atoms with Crippen LogP contribution in [-0.2, 0) is 12.8 Å². The van der Waals surface area contributed by atoms with Crippen LogP contribution in [0.3, 0.4) is 0 Å². The molecule has 7 heteroatoms. The lowest BCUT2D eigenvalue weighted by molar-refractivity contribution is 0.102. The third-order valence-electron chi connectivity index (χ3n) is 5.22. The highest BCUT2D eigenvalue weighted by Crippen LogP contribution is 2.29. The molecule has 1 N–H and O–H groups in total. The standard InChI is InChI=1S/C22H19FN4OS/c1-13-11-19(24-21(28)16-10-9-14-5-2-3-6-15(14)12-16)27(26-13)22-25-20-17(23)7-4-8-18(20)29-22/h4,7-12H,2-3,5-6H2,1H3,(H,24,28). The summed E-state index contributed by atoms with van der Waals surface area (Å²) in [4.78, 5) is 17.3. The molecule has 1 amide bonds. The summed E-state index contributed by atoms with van der Waals surface area (Å²) in [6.07, 6.45) is 4.47. The van der Waals surface area contributed by atoms with Crippen molar-refractivity contribution in [3.63, 3.8) is 0 Å². The number of rotatable bonds is 3. The summed E-state index contributed by atoms with van der Waals surface area (Å²) in [5, 5.41) is 7.91. The van der Waals surface area contributed by atoms with Gasteiger partial charge < -0.3 is 5.32 Å². The quantitative estimate of drug-likeness (QED) is 0.517. The first-order valence-electron chi connectivity index (χ1n) is 9.64. The van der Waals surface area contributed by atoms with E-state index in [9.17, 15) is 9.18 Å². The number of hydrogen-bond donors (Lipinski definition) is 1. The maximum Gasteiger partial charge on any atom is 0.256 e. The van der Waals surface area contributed by atoms with Gasteiger partial charge in [-0.05, 0) is 68.0 Å². The molecule has 0 bridgehead atoms. The zero-order valence-corrected chi connectivity index (χ0v) is 16.7. The molecule has 0 aliphatic heterocycles. The Morgan fingerprint density at radius 2 is 1.97 bits per heavy atom. The molecule has 0 unspecified atom stereocenters. The SMILES string of the molecule is Cc1cc(NC(=O)c2ccc3c(c2)CCCC3)n(-c2nc3c(F)cccc3s2)n1. The summed E-state index contributed by atoms with van der Waals surface area (Å²) in [6, 6.07) is 12.6. The van der Waals surface area contributed by atoms with Gasteiger partial charge in [-0.25, -0.2) is 9.37 Å². The van der Waals surface area contributed by atoms with Gasteiger partial charge in [0.15, 0.2) is 0 Å². The predicted molar refractivity (Wildman–Crippen MR) is 112 cm³/mol. The Hall–Kier alpha value is -3.06. The Kier molecular flexibility index (Phi) is 4.39. The molecular weight excluding hydrogens is 387 g/mol. The smallest absolute Gasteiger partial charge is 0.256 e. The number of benzene rings is 2. The van der Waals surface area contributed by atoms with Crippen LogP contribution in [0.25, 0.3) is 15.3 Å². The number of nitrogens with zero attached hydrogens (tertiary/aromatic N) is 3. The maximum atomic E-state index is 14.0. The fraction of sp³-hybridized carbons (Fsp3) is 0.227. The van der Waals surface area contributed by atoms with Crippen LogP contribution >= 0.6 is 11.3 Å². The number of amides is 1. The van der Waals surface area contributed by atoms with Crippen LogP contribution in [0, 0.1) is 12.7 Å². The van der Waals surface area contributed by atoms with Crippen LogP contribution in [0.1, 0.15) is 40.0 Å². The number of thiazole rings is 1. The molecule has 5 rings (SSSR count). The third kappa shape index (κ3) is 3.31. The normalized spacial score (nSPS) is 13.4. The number of halogens is 1. The van der Waals surface area contributed by atoms with Crippen LogP contribution in [0.4, 0.5) is 10.2 Å². The molecular formula is C22H19FN4OS. The summed E-state index contributed by atoms with van der Waals surface area (Å²) >= 11 is 1.33. The van der Waals surface area contributed by atoms with E-state index in [0.717, 1.165) is 29.7 Å². The molecule has 0 fully saturated rings. The Morgan fingerprint density at radius 3 is 2.79 bits per heavy atom. The first-order valence-corrected chi connectivity index (χ1v) is 10.5. The fourth-order valence-electron chi connectivity index (χ4n) is 3.79. The summed E-state index contributed by atoms with van der Waals surface area (Å²) in [6.45, 7) is 1.85. The van der Waals surface area contributed by atoms with E-state index in [0.29, 0.717) is 22.0 Å². The molecule has 0 saturated heterocycles. The van der Waals surface area contributed by atoms with E-state index in [2.05, 4.69) is 21.5 Å². The van der Waals surface area contributed by atoms with Gasteiger partial charge in [0, 0.05) is 11.6 Å². The molecule has 0 atom stereocenters. The lowest BCUT2D eigenvalue weighted by Crippen LogP contribution is -2.16. The molecule has 146 valence electrons. The highest BCUT2D eigenvalue weighted by Gasteiger charge is 2.18. The monoisotopic (exact) mass is 406 g/mol. The molecule has 4 aromatic rings. The molecule has 29 heavy (non-hydrogen) atoms. The number of nitrogens with one attached hydrogen (secondary N) is 1. The average Bonchev–Trinajstić information content (AvgIpc) is 3.31. The Bertz CT molecular complexity index is 1240. The van der Waals surface area contributed by atoms with E-state index < -0.39 is 0 Å². The predicted octanol–water partition coefficient (Wildman–Crippen LogP) is 5.06.